The molecule has 13 nitrogen and oxygen atoms in total. The topological polar surface area (TPSA) is 251 Å². The van der Waals surface area contributed by atoms with E-state index in [1.54, 1.807) is 35.0 Å². The molecule has 216 valence electrons. The highest BCUT2D eigenvalue weighted by molar-refractivity contribution is 7.61. The molecule has 5 rings (SSSR count). The second-order valence-electron chi connectivity index (χ2n) is 8.75. The van der Waals surface area contributed by atoms with Gasteiger partial charge in [-0.2, -0.15) is 5.10 Å². The predicted octanol–water partition coefficient (Wildman–Crippen LogP) is 0.132. The van der Waals surface area contributed by atoms with E-state index in [1.165, 1.54) is 12.4 Å². The summed E-state index contributed by atoms with van der Waals surface area (Å²) >= 11 is 0. The molecule has 2 aromatic heterocycles. The molecule has 0 aliphatic heterocycles. The standard InChI is InChI=1S/C26H24N6O4P2.3H2O/c1-15-5-8-17(9-6-15)23-22-24(27)29-14-30-25(22)32(31-23)19-4-2-3-18(12-19)26(33)28-13-16-7-10-21(20(37)11-16)38(34,35)36;;;/h2-12,14H,13,37H2,1H3,(H,28,33)(H2,27,29,30)(H2,34,35,36);3*1H2. The van der Waals surface area contributed by atoms with E-state index in [-0.39, 0.29) is 34.2 Å². The van der Waals surface area contributed by atoms with E-state index in [1.807, 2.05) is 37.3 Å². The number of carbonyl (C=O) groups is 1. The summed E-state index contributed by atoms with van der Waals surface area (Å²) in [6, 6.07) is 19.4. The average Bonchev–Trinajstić information content (AvgIpc) is 3.28. The van der Waals surface area contributed by atoms with Crippen molar-refractivity contribution in [2.24, 2.45) is 0 Å². The van der Waals surface area contributed by atoms with Gasteiger partial charge in [-0.3, -0.25) is 9.36 Å². The van der Waals surface area contributed by atoms with Crippen LogP contribution in [-0.2, 0) is 11.1 Å². The Balaban J connectivity index is 0.00000196. The van der Waals surface area contributed by atoms with Crippen LogP contribution >= 0.6 is 16.8 Å². The molecule has 0 saturated carbocycles. The third-order valence-corrected chi connectivity index (χ3v) is 7.79. The van der Waals surface area contributed by atoms with Gasteiger partial charge in [0.05, 0.1) is 16.4 Å². The lowest BCUT2D eigenvalue weighted by Crippen LogP contribution is -2.25. The number of hydrogen-bond donors (Lipinski definition) is 4. The number of anilines is 1. The van der Waals surface area contributed by atoms with Gasteiger partial charge in [-0.1, -0.05) is 42.0 Å². The summed E-state index contributed by atoms with van der Waals surface area (Å²) in [6.07, 6.45) is 1.38. The van der Waals surface area contributed by atoms with Crippen molar-refractivity contribution in [1.82, 2.24) is 25.1 Å². The summed E-state index contributed by atoms with van der Waals surface area (Å²) in [6.45, 7) is 2.18. The van der Waals surface area contributed by atoms with Crippen molar-refractivity contribution in [3.8, 4) is 16.9 Å². The Bertz CT molecular complexity index is 1740. The van der Waals surface area contributed by atoms with Crippen molar-refractivity contribution in [3.63, 3.8) is 0 Å². The molecule has 0 bridgehead atoms. The van der Waals surface area contributed by atoms with Crippen LogP contribution in [0.15, 0.2) is 73.1 Å². The molecule has 41 heavy (non-hydrogen) atoms. The smallest absolute Gasteiger partial charge is 0.356 e. The first-order chi connectivity index (χ1) is 18.1. The molecule has 0 radical (unpaired) electrons. The number of aromatic nitrogens is 4. The fourth-order valence-electron chi connectivity index (χ4n) is 4.11. The summed E-state index contributed by atoms with van der Waals surface area (Å²) in [4.78, 5) is 40.4. The van der Waals surface area contributed by atoms with Gasteiger partial charge in [0.2, 0.25) is 0 Å². The van der Waals surface area contributed by atoms with E-state index in [4.69, 9.17) is 10.8 Å². The first-order valence-corrected chi connectivity index (χ1v) is 13.7. The Morgan fingerprint density at radius 2 is 1.73 bits per heavy atom. The van der Waals surface area contributed by atoms with Crippen LogP contribution in [0.2, 0.25) is 0 Å². The van der Waals surface area contributed by atoms with E-state index in [9.17, 15) is 19.1 Å². The molecule has 0 spiro atoms. The zero-order chi connectivity index (χ0) is 27.0. The molecule has 0 aliphatic rings. The monoisotopic (exact) mass is 600 g/mol. The Morgan fingerprint density at radius 3 is 2.39 bits per heavy atom. The van der Waals surface area contributed by atoms with Gasteiger partial charge >= 0.3 is 7.60 Å². The maximum Gasteiger partial charge on any atom is 0.356 e. The number of hydrogen-bond acceptors (Lipinski definition) is 6. The lowest BCUT2D eigenvalue weighted by Gasteiger charge is -2.11. The zero-order valence-electron chi connectivity index (χ0n) is 21.7. The number of carbonyl (C=O) groups excluding carboxylic acids is 1. The van der Waals surface area contributed by atoms with Gasteiger partial charge < -0.3 is 37.3 Å². The number of rotatable bonds is 6. The van der Waals surface area contributed by atoms with E-state index >= 15 is 0 Å². The van der Waals surface area contributed by atoms with Crippen LogP contribution in [0.1, 0.15) is 21.5 Å². The number of nitrogens with one attached hydrogen (secondary N) is 1. The van der Waals surface area contributed by atoms with Crippen molar-refractivity contribution >= 4 is 50.2 Å². The van der Waals surface area contributed by atoms with Gasteiger partial charge in [0.1, 0.15) is 17.8 Å². The summed E-state index contributed by atoms with van der Waals surface area (Å²) < 4.78 is 13.2. The fourth-order valence-corrected chi connectivity index (χ4v) is 5.60. The summed E-state index contributed by atoms with van der Waals surface area (Å²) in [7, 11) is -2.05. The van der Waals surface area contributed by atoms with Crippen LogP contribution in [0.3, 0.4) is 0 Å². The van der Waals surface area contributed by atoms with Crippen molar-refractivity contribution in [2.45, 2.75) is 13.5 Å². The maximum absolute atomic E-state index is 13.0. The van der Waals surface area contributed by atoms with E-state index < -0.39 is 7.60 Å². The lowest BCUT2D eigenvalue weighted by atomic mass is 10.1. The van der Waals surface area contributed by atoms with Crippen molar-refractivity contribution < 1.29 is 35.6 Å². The maximum atomic E-state index is 13.0. The first-order valence-electron chi connectivity index (χ1n) is 11.5. The van der Waals surface area contributed by atoms with Crippen LogP contribution in [0.5, 0.6) is 0 Å². The molecule has 0 aliphatic carbocycles. The Labute approximate surface area is 236 Å². The third-order valence-electron chi connectivity index (χ3n) is 6.03. The molecular formula is C26H30N6O7P2. The van der Waals surface area contributed by atoms with E-state index in [0.29, 0.717) is 44.7 Å². The minimum Gasteiger partial charge on any atom is -0.412 e. The second kappa shape index (κ2) is 13.1. The van der Waals surface area contributed by atoms with E-state index in [2.05, 4.69) is 24.5 Å². The lowest BCUT2D eigenvalue weighted by molar-refractivity contribution is 0.0951. The summed E-state index contributed by atoms with van der Waals surface area (Å²) in [5, 5.41) is 8.57. The molecule has 3 aromatic carbocycles. The fraction of sp³-hybridized carbons (Fsp3) is 0.0769. The predicted molar refractivity (Wildman–Crippen MR) is 161 cm³/mol. The van der Waals surface area contributed by atoms with Crippen LogP contribution in [0, 0.1) is 6.92 Å². The highest BCUT2D eigenvalue weighted by atomic mass is 31.2. The molecular weight excluding hydrogens is 570 g/mol. The molecule has 1 amide bonds. The third kappa shape index (κ3) is 6.82. The van der Waals surface area contributed by atoms with Gasteiger partial charge in [0.15, 0.2) is 5.65 Å². The van der Waals surface area contributed by atoms with Crippen LogP contribution in [0.25, 0.3) is 28.0 Å². The van der Waals surface area contributed by atoms with Crippen LogP contribution in [-0.4, -0.2) is 51.9 Å². The SMILES string of the molecule is Cc1ccc(-c2nn(-c3cccc(C(=O)NCc4ccc(P(=O)(O)O)c(P)c4)c3)c3ncnc(N)c23)cc1.O.O.O. The number of aryl methyl sites for hydroxylation is 1. The Morgan fingerprint density at radius 1 is 1.02 bits per heavy atom. The average molecular weight is 601 g/mol. The number of fused-ring (bicyclic) bond motifs is 1. The van der Waals surface area contributed by atoms with Crippen LogP contribution < -0.4 is 21.7 Å². The summed E-state index contributed by atoms with van der Waals surface area (Å²) in [5.74, 6) is -0.00970. The minimum absolute atomic E-state index is 0. The number of nitrogen functional groups attached to an aromatic ring is 1. The first kappa shape index (κ1) is 33.1. The number of nitrogens with two attached hydrogens (primary N) is 1. The van der Waals surface area contributed by atoms with Crippen LogP contribution in [0.4, 0.5) is 5.82 Å². The normalized spacial score (nSPS) is 10.7. The second-order valence-corrected chi connectivity index (χ2v) is 10.9. The molecule has 5 aromatic rings. The van der Waals surface area contributed by atoms with Gasteiger partial charge in [-0.25, -0.2) is 14.6 Å². The van der Waals surface area contributed by atoms with E-state index in [0.717, 1.165) is 11.1 Å². The number of benzene rings is 3. The quantitative estimate of drug-likeness (QED) is 0.194. The number of nitrogens with zero attached hydrogens (tertiary/aromatic N) is 4. The Hall–Kier alpha value is -4.06. The molecule has 0 saturated heterocycles. The van der Waals surface area contributed by atoms with Gasteiger partial charge in [0, 0.05) is 17.7 Å². The van der Waals surface area contributed by atoms with Gasteiger partial charge in [-0.05, 0) is 48.1 Å². The highest BCUT2D eigenvalue weighted by Gasteiger charge is 2.21. The Kier molecular flexibility index (Phi) is 10.6. The molecule has 2 heterocycles. The van der Waals surface area contributed by atoms with Crippen molar-refractivity contribution in [3.05, 3.63) is 89.7 Å². The minimum atomic E-state index is -4.37. The largest absolute Gasteiger partial charge is 0.412 e. The summed E-state index contributed by atoms with van der Waals surface area (Å²) in [5.41, 5.74) is 11.1. The number of amides is 1. The van der Waals surface area contributed by atoms with Crippen molar-refractivity contribution in [1.29, 1.82) is 0 Å². The van der Waals surface area contributed by atoms with Gasteiger partial charge in [-0.15, -0.1) is 9.24 Å². The molecule has 15 heteroatoms. The zero-order valence-corrected chi connectivity index (χ0v) is 23.8. The van der Waals surface area contributed by atoms with Crippen molar-refractivity contribution in [2.75, 3.05) is 5.73 Å². The molecule has 11 N–H and O–H groups in total. The molecule has 1 unspecified atom stereocenters. The van der Waals surface area contributed by atoms with Gasteiger partial charge in [0.25, 0.3) is 5.91 Å². The molecule has 1 atom stereocenters. The highest BCUT2D eigenvalue weighted by Crippen LogP contribution is 2.33. The molecule has 0 fully saturated rings.